The molecule has 0 aliphatic carbocycles. The second-order valence-corrected chi connectivity index (χ2v) is 7.55. The average Bonchev–Trinajstić information content (AvgIpc) is 2.71. The van der Waals surface area contributed by atoms with Crippen LogP contribution in [0.4, 0.5) is 0 Å². The standard InChI is InChI=1S/C24H24ClNO/c1-18-11-12-23(25)22(15-18)21-10-6-5-9-20(21)16-26-13-14-27-24(17-26)19-7-3-2-4-8-19/h2-12,15,24H,13-14,16-17H2,1H3. The summed E-state index contributed by atoms with van der Waals surface area (Å²) >= 11 is 6.52. The average molecular weight is 378 g/mol. The molecule has 3 heteroatoms. The van der Waals surface area contributed by atoms with Crippen molar-refractivity contribution in [2.45, 2.75) is 19.6 Å². The number of ether oxygens (including phenoxy) is 1. The number of halogens is 1. The lowest BCUT2D eigenvalue weighted by atomic mass is 9.97. The van der Waals surface area contributed by atoms with Gasteiger partial charge in [0.1, 0.15) is 0 Å². The van der Waals surface area contributed by atoms with Gasteiger partial charge in [-0.3, -0.25) is 4.90 Å². The summed E-state index contributed by atoms with van der Waals surface area (Å²) in [6.45, 7) is 5.61. The lowest BCUT2D eigenvalue weighted by molar-refractivity contribution is -0.0328. The molecule has 1 heterocycles. The molecule has 1 saturated heterocycles. The van der Waals surface area contributed by atoms with Crippen molar-refractivity contribution in [1.29, 1.82) is 0 Å². The van der Waals surface area contributed by atoms with Crippen LogP contribution in [0.2, 0.25) is 5.02 Å². The Bertz CT molecular complexity index is 909. The Morgan fingerprint density at radius 1 is 0.963 bits per heavy atom. The molecular weight excluding hydrogens is 354 g/mol. The fourth-order valence-corrected chi connectivity index (χ4v) is 3.94. The summed E-state index contributed by atoms with van der Waals surface area (Å²) in [4.78, 5) is 2.48. The molecule has 1 aliphatic rings. The van der Waals surface area contributed by atoms with Crippen LogP contribution in [0.5, 0.6) is 0 Å². The van der Waals surface area contributed by atoms with Gasteiger partial charge in [-0.2, -0.15) is 0 Å². The number of rotatable bonds is 4. The maximum absolute atomic E-state index is 6.52. The number of nitrogens with zero attached hydrogens (tertiary/aromatic N) is 1. The summed E-state index contributed by atoms with van der Waals surface area (Å²) in [6, 6.07) is 25.3. The molecule has 1 unspecified atom stereocenters. The Balaban J connectivity index is 1.57. The van der Waals surface area contributed by atoms with Crippen molar-refractivity contribution in [3.63, 3.8) is 0 Å². The molecule has 138 valence electrons. The van der Waals surface area contributed by atoms with Gasteiger partial charge in [-0.15, -0.1) is 0 Å². The minimum absolute atomic E-state index is 0.134. The van der Waals surface area contributed by atoms with E-state index in [0.717, 1.165) is 36.8 Å². The summed E-state index contributed by atoms with van der Waals surface area (Å²) in [7, 11) is 0. The van der Waals surface area contributed by atoms with Crippen molar-refractivity contribution in [2.24, 2.45) is 0 Å². The third kappa shape index (κ3) is 4.24. The van der Waals surface area contributed by atoms with Gasteiger partial charge in [-0.25, -0.2) is 0 Å². The van der Waals surface area contributed by atoms with Gasteiger partial charge < -0.3 is 4.74 Å². The van der Waals surface area contributed by atoms with E-state index in [9.17, 15) is 0 Å². The van der Waals surface area contributed by atoms with E-state index in [0.29, 0.717) is 0 Å². The molecule has 1 fully saturated rings. The second-order valence-electron chi connectivity index (χ2n) is 7.15. The van der Waals surface area contributed by atoms with E-state index in [1.54, 1.807) is 0 Å². The monoisotopic (exact) mass is 377 g/mol. The Hall–Kier alpha value is -2.13. The lowest BCUT2D eigenvalue weighted by Gasteiger charge is -2.33. The number of hydrogen-bond acceptors (Lipinski definition) is 2. The summed E-state index contributed by atoms with van der Waals surface area (Å²) in [5.41, 5.74) is 6.10. The van der Waals surface area contributed by atoms with Gasteiger partial charge in [-0.1, -0.05) is 77.8 Å². The van der Waals surface area contributed by atoms with E-state index in [1.165, 1.54) is 22.3 Å². The zero-order valence-corrected chi connectivity index (χ0v) is 16.3. The molecule has 0 aromatic heterocycles. The van der Waals surface area contributed by atoms with Crippen molar-refractivity contribution in [1.82, 2.24) is 4.90 Å². The van der Waals surface area contributed by atoms with Crippen LogP contribution < -0.4 is 0 Å². The Labute approximate surface area is 166 Å². The van der Waals surface area contributed by atoms with Crippen LogP contribution in [0.15, 0.2) is 72.8 Å². The van der Waals surface area contributed by atoms with Crippen molar-refractivity contribution < 1.29 is 4.74 Å². The largest absolute Gasteiger partial charge is 0.371 e. The number of hydrogen-bond donors (Lipinski definition) is 0. The van der Waals surface area contributed by atoms with Crippen LogP contribution in [0.1, 0.15) is 22.8 Å². The van der Waals surface area contributed by atoms with Crippen LogP contribution >= 0.6 is 11.6 Å². The second kappa shape index (κ2) is 8.26. The highest BCUT2D eigenvalue weighted by Crippen LogP contribution is 2.32. The highest BCUT2D eigenvalue weighted by molar-refractivity contribution is 6.33. The molecule has 1 atom stereocenters. The van der Waals surface area contributed by atoms with Gasteiger partial charge >= 0.3 is 0 Å². The van der Waals surface area contributed by atoms with E-state index < -0.39 is 0 Å². The van der Waals surface area contributed by atoms with Crippen LogP contribution in [0.25, 0.3) is 11.1 Å². The Morgan fingerprint density at radius 3 is 2.59 bits per heavy atom. The molecular formula is C24H24ClNO. The minimum Gasteiger partial charge on any atom is -0.371 e. The van der Waals surface area contributed by atoms with E-state index in [4.69, 9.17) is 16.3 Å². The Morgan fingerprint density at radius 2 is 1.74 bits per heavy atom. The first-order valence-corrected chi connectivity index (χ1v) is 9.82. The van der Waals surface area contributed by atoms with E-state index >= 15 is 0 Å². The van der Waals surface area contributed by atoms with E-state index in [1.807, 2.05) is 12.1 Å². The fourth-order valence-electron chi connectivity index (χ4n) is 3.72. The van der Waals surface area contributed by atoms with Gasteiger partial charge in [-0.05, 0) is 35.7 Å². The Kier molecular flexibility index (Phi) is 5.58. The molecule has 27 heavy (non-hydrogen) atoms. The van der Waals surface area contributed by atoms with Crippen LogP contribution in [-0.2, 0) is 11.3 Å². The first kappa shape index (κ1) is 18.2. The summed E-state index contributed by atoms with van der Waals surface area (Å²) in [5.74, 6) is 0. The first-order valence-electron chi connectivity index (χ1n) is 9.44. The third-order valence-electron chi connectivity index (χ3n) is 5.15. The van der Waals surface area contributed by atoms with Crippen LogP contribution in [-0.4, -0.2) is 24.6 Å². The van der Waals surface area contributed by atoms with Crippen molar-refractivity contribution in [3.8, 4) is 11.1 Å². The topological polar surface area (TPSA) is 12.5 Å². The third-order valence-corrected chi connectivity index (χ3v) is 5.47. The van der Waals surface area contributed by atoms with Gasteiger partial charge in [0, 0.05) is 30.2 Å². The molecule has 0 saturated carbocycles. The summed E-state index contributed by atoms with van der Waals surface area (Å²) in [5, 5.41) is 0.803. The van der Waals surface area contributed by atoms with Gasteiger partial charge in [0.2, 0.25) is 0 Å². The molecule has 0 radical (unpaired) electrons. The fraction of sp³-hybridized carbons (Fsp3) is 0.250. The summed E-state index contributed by atoms with van der Waals surface area (Å²) < 4.78 is 6.02. The maximum atomic E-state index is 6.52. The number of aryl methyl sites for hydroxylation is 1. The normalized spacial score (nSPS) is 17.8. The zero-order chi connectivity index (χ0) is 18.6. The SMILES string of the molecule is Cc1ccc(Cl)c(-c2ccccc2CN2CCOC(c3ccccc3)C2)c1. The molecule has 3 aromatic carbocycles. The predicted octanol–water partition coefficient (Wildman–Crippen LogP) is 5.89. The quantitative estimate of drug-likeness (QED) is 0.562. The molecule has 2 nitrogen and oxygen atoms in total. The van der Waals surface area contributed by atoms with Gasteiger partial charge in [0.25, 0.3) is 0 Å². The summed E-state index contributed by atoms with van der Waals surface area (Å²) in [6.07, 6.45) is 0.134. The van der Waals surface area contributed by atoms with Crippen molar-refractivity contribution in [3.05, 3.63) is 94.5 Å². The molecule has 0 N–H and O–H groups in total. The molecule has 3 aromatic rings. The number of benzene rings is 3. The van der Waals surface area contributed by atoms with Gasteiger partial charge in [0.05, 0.1) is 12.7 Å². The molecule has 0 bridgehead atoms. The molecule has 0 spiro atoms. The zero-order valence-electron chi connectivity index (χ0n) is 15.6. The highest BCUT2D eigenvalue weighted by Gasteiger charge is 2.22. The van der Waals surface area contributed by atoms with E-state index in [-0.39, 0.29) is 6.10 Å². The van der Waals surface area contributed by atoms with Crippen molar-refractivity contribution >= 4 is 11.6 Å². The van der Waals surface area contributed by atoms with Crippen molar-refractivity contribution in [2.75, 3.05) is 19.7 Å². The maximum Gasteiger partial charge on any atom is 0.0952 e. The first-order chi connectivity index (χ1) is 13.2. The molecule has 0 amide bonds. The van der Waals surface area contributed by atoms with Crippen LogP contribution in [0, 0.1) is 6.92 Å². The smallest absolute Gasteiger partial charge is 0.0952 e. The van der Waals surface area contributed by atoms with Gasteiger partial charge in [0.15, 0.2) is 0 Å². The van der Waals surface area contributed by atoms with E-state index in [2.05, 4.69) is 72.5 Å². The van der Waals surface area contributed by atoms with Crippen LogP contribution in [0.3, 0.4) is 0 Å². The number of morpholine rings is 1. The lowest BCUT2D eigenvalue weighted by Crippen LogP contribution is -2.37. The minimum atomic E-state index is 0.134. The predicted molar refractivity (Wildman–Crippen MR) is 112 cm³/mol. The molecule has 1 aliphatic heterocycles. The highest BCUT2D eigenvalue weighted by atomic mass is 35.5. The molecule has 4 rings (SSSR count).